The third kappa shape index (κ3) is 5.50. The minimum atomic E-state index is -0.487. The molecule has 0 aliphatic rings. The summed E-state index contributed by atoms with van der Waals surface area (Å²) < 4.78 is 5.18. The summed E-state index contributed by atoms with van der Waals surface area (Å²) in [6, 6.07) is -0.487. The van der Waals surface area contributed by atoms with Gasteiger partial charge in [0.05, 0.1) is 6.61 Å². The van der Waals surface area contributed by atoms with Crippen molar-refractivity contribution in [1.29, 1.82) is 0 Å². The van der Waals surface area contributed by atoms with E-state index >= 15 is 0 Å². The smallest absolute Gasteiger partial charge is 0.323 e. The predicted octanol–water partition coefficient (Wildman–Crippen LogP) is 2.59. The van der Waals surface area contributed by atoms with E-state index in [4.69, 9.17) is 10.5 Å². The first kappa shape index (κ1) is 15.4. The van der Waals surface area contributed by atoms with E-state index in [9.17, 15) is 4.79 Å². The average Bonchev–Trinajstić information content (AvgIpc) is 2.22. The van der Waals surface area contributed by atoms with Gasteiger partial charge in [-0.1, -0.05) is 41.0 Å². The van der Waals surface area contributed by atoms with Crippen LogP contribution in [0.2, 0.25) is 0 Å². The monoisotopic (exact) mass is 229 g/mol. The van der Waals surface area contributed by atoms with Gasteiger partial charge in [0.25, 0.3) is 0 Å². The molecule has 0 spiro atoms. The van der Waals surface area contributed by atoms with E-state index in [0.717, 1.165) is 12.8 Å². The Morgan fingerprint density at radius 1 is 1.19 bits per heavy atom. The first-order valence-corrected chi connectivity index (χ1v) is 6.32. The molecular formula is C13H27NO2. The molecule has 0 aromatic rings. The first-order chi connectivity index (χ1) is 7.40. The van der Waals surface area contributed by atoms with Gasteiger partial charge in [-0.25, -0.2) is 0 Å². The van der Waals surface area contributed by atoms with E-state index in [1.54, 1.807) is 0 Å². The van der Waals surface area contributed by atoms with Gasteiger partial charge in [-0.3, -0.25) is 4.79 Å². The Balaban J connectivity index is 3.85. The molecule has 16 heavy (non-hydrogen) atoms. The summed E-state index contributed by atoms with van der Waals surface area (Å²) in [7, 11) is 0. The summed E-state index contributed by atoms with van der Waals surface area (Å²) in [6.45, 7) is 10.9. The fourth-order valence-corrected chi connectivity index (χ4v) is 1.69. The Morgan fingerprint density at radius 2 is 1.75 bits per heavy atom. The van der Waals surface area contributed by atoms with Crippen molar-refractivity contribution in [2.45, 2.75) is 53.5 Å². The summed E-state index contributed by atoms with van der Waals surface area (Å²) in [5.41, 5.74) is 5.69. The molecular weight excluding hydrogens is 202 g/mol. The van der Waals surface area contributed by atoms with Crippen LogP contribution in [0.3, 0.4) is 0 Å². The number of hydrogen-bond acceptors (Lipinski definition) is 3. The van der Waals surface area contributed by atoms with Crippen LogP contribution >= 0.6 is 0 Å². The number of nitrogens with two attached hydrogens (primary N) is 1. The molecule has 3 nitrogen and oxygen atoms in total. The van der Waals surface area contributed by atoms with E-state index in [-0.39, 0.29) is 11.9 Å². The van der Waals surface area contributed by atoms with Crippen LogP contribution < -0.4 is 5.73 Å². The fraction of sp³-hybridized carbons (Fsp3) is 0.923. The predicted molar refractivity (Wildman–Crippen MR) is 67.0 cm³/mol. The average molecular weight is 229 g/mol. The molecule has 0 bridgehead atoms. The molecule has 1 unspecified atom stereocenters. The van der Waals surface area contributed by atoms with E-state index in [2.05, 4.69) is 20.8 Å². The molecule has 2 N–H and O–H groups in total. The van der Waals surface area contributed by atoms with Crippen LogP contribution in [0.1, 0.15) is 47.5 Å². The summed E-state index contributed by atoms with van der Waals surface area (Å²) >= 11 is 0. The molecule has 0 radical (unpaired) electrons. The van der Waals surface area contributed by atoms with Gasteiger partial charge in [0.15, 0.2) is 0 Å². The fourth-order valence-electron chi connectivity index (χ4n) is 1.69. The lowest BCUT2D eigenvalue weighted by molar-refractivity contribution is -0.146. The number of esters is 1. The highest BCUT2D eigenvalue weighted by Gasteiger charge is 2.19. The Bertz CT molecular complexity index is 202. The topological polar surface area (TPSA) is 52.3 Å². The maximum absolute atomic E-state index is 11.5. The van der Waals surface area contributed by atoms with Crippen molar-refractivity contribution in [1.82, 2.24) is 0 Å². The lowest BCUT2D eigenvalue weighted by Gasteiger charge is -2.20. The van der Waals surface area contributed by atoms with Crippen LogP contribution in [-0.4, -0.2) is 18.6 Å². The Labute approximate surface area is 99.7 Å². The summed E-state index contributed by atoms with van der Waals surface area (Å²) in [5, 5.41) is 0. The van der Waals surface area contributed by atoms with E-state index < -0.39 is 6.04 Å². The molecule has 0 rings (SSSR count). The normalized spacial score (nSPS) is 15.2. The quantitative estimate of drug-likeness (QED) is 0.683. The molecule has 0 saturated carbocycles. The summed E-state index contributed by atoms with van der Waals surface area (Å²) in [4.78, 5) is 11.5. The molecule has 0 aromatic carbocycles. The molecule has 3 heteroatoms. The molecule has 0 aliphatic carbocycles. The van der Waals surface area contributed by atoms with Crippen molar-refractivity contribution in [2.75, 3.05) is 6.61 Å². The summed E-state index contributed by atoms with van der Waals surface area (Å²) in [5.74, 6) is 1.14. The lowest BCUT2D eigenvalue weighted by Crippen LogP contribution is -2.37. The SMILES string of the molecule is CCC(CCOC(=O)[C@H](N)C(C)C)C(C)C. The van der Waals surface area contributed by atoms with Crippen molar-refractivity contribution in [3.8, 4) is 0 Å². The Hall–Kier alpha value is -0.570. The van der Waals surface area contributed by atoms with Crippen LogP contribution in [-0.2, 0) is 9.53 Å². The van der Waals surface area contributed by atoms with Crippen molar-refractivity contribution >= 4 is 5.97 Å². The largest absolute Gasteiger partial charge is 0.465 e. The Kier molecular flexibility index (Phi) is 7.39. The third-order valence-electron chi connectivity index (χ3n) is 3.19. The Morgan fingerprint density at radius 3 is 2.12 bits per heavy atom. The van der Waals surface area contributed by atoms with Gasteiger partial charge in [0.2, 0.25) is 0 Å². The molecule has 0 amide bonds. The zero-order chi connectivity index (χ0) is 12.7. The van der Waals surface area contributed by atoms with Crippen molar-refractivity contribution < 1.29 is 9.53 Å². The van der Waals surface area contributed by atoms with Crippen LogP contribution in [0, 0.1) is 17.8 Å². The van der Waals surface area contributed by atoms with Crippen LogP contribution in [0.25, 0.3) is 0 Å². The summed E-state index contributed by atoms with van der Waals surface area (Å²) in [6.07, 6.45) is 2.07. The molecule has 0 aromatic heterocycles. The number of hydrogen-bond donors (Lipinski definition) is 1. The highest BCUT2D eigenvalue weighted by atomic mass is 16.5. The van der Waals surface area contributed by atoms with E-state index in [1.165, 1.54) is 0 Å². The molecule has 0 fully saturated rings. The molecule has 0 heterocycles. The number of ether oxygens (including phenoxy) is 1. The standard InChI is InChI=1S/C13H27NO2/c1-6-11(9(2)3)7-8-16-13(15)12(14)10(4)5/h9-12H,6-8,14H2,1-5H3/t11?,12-/m1/s1. The second kappa shape index (κ2) is 7.66. The van der Waals surface area contributed by atoms with Crippen LogP contribution in [0.5, 0.6) is 0 Å². The number of rotatable bonds is 7. The van der Waals surface area contributed by atoms with Crippen LogP contribution in [0.15, 0.2) is 0 Å². The van der Waals surface area contributed by atoms with E-state index in [0.29, 0.717) is 18.4 Å². The zero-order valence-corrected chi connectivity index (χ0v) is 11.3. The van der Waals surface area contributed by atoms with Gasteiger partial charge in [-0.05, 0) is 24.2 Å². The molecule has 0 aliphatic heterocycles. The van der Waals surface area contributed by atoms with Gasteiger partial charge in [-0.15, -0.1) is 0 Å². The van der Waals surface area contributed by atoms with Gasteiger partial charge in [-0.2, -0.15) is 0 Å². The second-order valence-electron chi connectivity index (χ2n) is 5.14. The van der Waals surface area contributed by atoms with Crippen LogP contribution in [0.4, 0.5) is 0 Å². The molecule has 96 valence electrons. The third-order valence-corrected chi connectivity index (χ3v) is 3.19. The lowest BCUT2D eigenvalue weighted by atomic mass is 9.90. The highest BCUT2D eigenvalue weighted by molar-refractivity contribution is 5.75. The maximum atomic E-state index is 11.5. The van der Waals surface area contributed by atoms with Crippen molar-refractivity contribution in [2.24, 2.45) is 23.5 Å². The maximum Gasteiger partial charge on any atom is 0.323 e. The van der Waals surface area contributed by atoms with Crippen molar-refractivity contribution in [3.63, 3.8) is 0 Å². The molecule has 0 saturated heterocycles. The van der Waals surface area contributed by atoms with Gasteiger partial charge < -0.3 is 10.5 Å². The highest BCUT2D eigenvalue weighted by Crippen LogP contribution is 2.18. The minimum Gasteiger partial charge on any atom is -0.465 e. The van der Waals surface area contributed by atoms with E-state index in [1.807, 2.05) is 13.8 Å². The zero-order valence-electron chi connectivity index (χ0n) is 11.3. The van der Waals surface area contributed by atoms with Gasteiger partial charge in [0, 0.05) is 0 Å². The minimum absolute atomic E-state index is 0.138. The first-order valence-electron chi connectivity index (χ1n) is 6.32. The second-order valence-corrected chi connectivity index (χ2v) is 5.14. The van der Waals surface area contributed by atoms with Gasteiger partial charge in [0.1, 0.15) is 6.04 Å². The number of carbonyl (C=O) groups excluding carboxylic acids is 1. The number of carbonyl (C=O) groups is 1. The van der Waals surface area contributed by atoms with Crippen molar-refractivity contribution in [3.05, 3.63) is 0 Å². The molecule has 2 atom stereocenters. The van der Waals surface area contributed by atoms with Gasteiger partial charge >= 0.3 is 5.97 Å².